The van der Waals surface area contributed by atoms with Crippen LogP contribution >= 0.6 is 0 Å². The molecule has 0 heteroatoms. The minimum atomic E-state index is 0.765. The van der Waals surface area contributed by atoms with Crippen LogP contribution in [-0.2, 0) is 0 Å². The summed E-state index contributed by atoms with van der Waals surface area (Å²) in [5, 5.41) is 0. The van der Waals surface area contributed by atoms with Gasteiger partial charge in [0.05, 0.1) is 0 Å². The summed E-state index contributed by atoms with van der Waals surface area (Å²) >= 11 is 0. The molecule has 0 aliphatic heterocycles. The van der Waals surface area contributed by atoms with Gasteiger partial charge in [-0.3, -0.25) is 0 Å². The summed E-state index contributed by atoms with van der Waals surface area (Å²) in [6.07, 6.45) is 41.5. The monoisotopic (exact) mass is 491 g/mol. The summed E-state index contributed by atoms with van der Waals surface area (Å²) in [6.45, 7) is 13.1. The van der Waals surface area contributed by atoms with Gasteiger partial charge >= 0.3 is 0 Å². The van der Waals surface area contributed by atoms with Crippen LogP contribution in [0.25, 0.3) is 0 Å². The number of hydrogen-bond acceptors (Lipinski definition) is 0. The average molecular weight is 491 g/mol. The zero-order valence-electron chi connectivity index (χ0n) is 25.8. The fraction of sp³-hybridized carbons (Fsp3) is 0.886. The molecule has 0 fully saturated rings. The normalized spacial score (nSPS) is 14.6. The molecule has 0 spiro atoms. The van der Waals surface area contributed by atoms with Crippen LogP contribution in [-0.4, -0.2) is 0 Å². The molecule has 0 aromatic carbocycles. The first-order valence-electron chi connectivity index (χ1n) is 16.6. The molecule has 0 bridgehead atoms. The molecule has 1 aliphatic rings. The second-order valence-corrected chi connectivity index (χ2v) is 10.8. The molecule has 1 aliphatic carbocycles. The molecule has 0 radical (unpaired) electrons. The van der Waals surface area contributed by atoms with Crippen LogP contribution in [0.3, 0.4) is 0 Å². The minimum absolute atomic E-state index is 0.765. The van der Waals surface area contributed by atoms with Crippen molar-refractivity contribution < 1.29 is 0 Å². The highest BCUT2D eigenvalue weighted by Gasteiger charge is 2.03. The lowest BCUT2D eigenvalue weighted by molar-refractivity contribution is 0.529. The van der Waals surface area contributed by atoms with Crippen LogP contribution in [0.4, 0.5) is 0 Å². The van der Waals surface area contributed by atoms with Crippen molar-refractivity contribution in [3.63, 3.8) is 0 Å². The van der Waals surface area contributed by atoms with Crippen LogP contribution in [0.1, 0.15) is 196 Å². The largest absolute Gasteiger partial charge is 0.0837 e. The molecule has 0 N–H and O–H groups in total. The number of allylic oxidation sites excluding steroid dienone is 4. The molecule has 35 heavy (non-hydrogen) atoms. The van der Waals surface area contributed by atoms with Gasteiger partial charge in [-0.05, 0) is 25.2 Å². The van der Waals surface area contributed by atoms with Crippen LogP contribution in [0.5, 0.6) is 0 Å². The smallest absolute Gasteiger partial charge is 0.0221 e. The number of rotatable bonds is 22. The summed E-state index contributed by atoms with van der Waals surface area (Å²) < 4.78 is 0. The topological polar surface area (TPSA) is 0 Å². The van der Waals surface area contributed by atoms with E-state index in [1.165, 1.54) is 154 Å². The molecule has 0 heterocycles. The molecule has 1 atom stereocenters. The fourth-order valence-corrected chi connectivity index (χ4v) is 4.82. The lowest BCUT2D eigenvalue weighted by Gasteiger charge is -2.12. The Kier molecular flexibility index (Phi) is 35.0. The van der Waals surface area contributed by atoms with E-state index in [-0.39, 0.29) is 0 Å². The van der Waals surface area contributed by atoms with Crippen LogP contribution in [0.15, 0.2) is 23.8 Å². The Morgan fingerprint density at radius 2 is 0.829 bits per heavy atom. The Morgan fingerprint density at radius 3 is 1.14 bits per heavy atom. The molecule has 0 saturated heterocycles. The van der Waals surface area contributed by atoms with Crippen molar-refractivity contribution in [2.75, 3.05) is 0 Å². The van der Waals surface area contributed by atoms with E-state index >= 15 is 0 Å². The van der Waals surface area contributed by atoms with Gasteiger partial charge in [-0.15, -0.1) is 0 Å². The zero-order chi connectivity index (χ0) is 26.2. The summed E-state index contributed by atoms with van der Waals surface area (Å²) in [7, 11) is 0. The van der Waals surface area contributed by atoms with Crippen molar-refractivity contribution in [1.29, 1.82) is 0 Å². The van der Waals surface area contributed by atoms with Gasteiger partial charge in [-0.1, -0.05) is 200 Å². The Labute approximate surface area is 225 Å². The molecule has 210 valence electrons. The van der Waals surface area contributed by atoms with Gasteiger partial charge in [-0.2, -0.15) is 0 Å². The number of hydrogen-bond donors (Lipinski definition) is 0. The van der Waals surface area contributed by atoms with Crippen molar-refractivity contribution in [1.82, 2.24) is 0 Å². The third kappa shape index (κ3) is 31.5. The first-order valence-corrected chi connectivity index (χ1v) is 16.6. The van der Waals surface area contributed by atoms with E-state index in [2.05, 4.69) is 45.9 Å². The van der Waals surface area contributed by atoms with E-state index in [0.717, 1.165) is 5.92 Å². The van der Waals surface area contributed by atoms with E-state index in [1.807, 2.05) is 13.8 Å². The minimum Gasteiger partial charge on any atom is -0.0837 e. The first kappa shape index (κ1) is 36.6. The van der Waals surface area contributed by atoms with Gasteiger partial charge < -0.3 is 0 Å². The third-order valence-electron chi connectivity index (χ3n) is 7.11. The third-order valence-corrected chi connectivity index (χ3v) is 7.11. The van der Waals surface area contributed by atoms with E-state index < -0.39 is 0 Å². The van der Waals surface area contributed by atoms with Gasteiger partial charge in [0.2, 0.25) is 0 Å². The Bertz CT molecular complexity index is 410. The molecule has 1 unspecified atom stereocenters. The standard InChI is InChI=1S/C25H46.C8H18.C2H6/c1-3-4-5-6-7-8-9-10-11-12-13-14-15-16-17-18-21-25-22-19-20-24(2)23-25;1-3-5-7-8-6-4-2;1-2/h19,22-24H,3-18,20-21H2,1-2H3;3-8H2,1-2H3;1-2H3. The van der Waals surface area contributed by atoms with Crippen LogP contribution in [0, 0.1) is 5.92 Å². The van der Waals surface area contributed by atoms with E-state index in [4.69, 9.17) is 0 Å². The highest BCUT2D eigenvalue weighted by molar-refractivity contribution is 5.23. The fourth-order valence-electron chi connectivity index (χ4n) is 4.82. The predicted molar refractivity (Wildman–Crippen MR) is 166 cm³/mol. The van der Waals surface area contributed by atoms with Gasteiger partial charge in [-0.25, -0.2) is 0 Å². The highest BCUT2D eigenvalue weighted by atomic mass is 14.1. The lowest BCUT2D eigenvalue weighted by atomic mass is 9.94. The molecule has 0 amide bonds. The Balaban J connectivity index is 0. The van der Waals surface area contributed by atoms with Crippen LogP contribution in [0.2, 0.25) is 0 Å². The van der Waals surface area contributed by atoms with Gasteiger partial charge in [0.25, 0.3) is 0 Å². The maximum Gasteiger partial charge on any atom is -0.0221 e. The van der Waals surface area contributed by atoms with E-state index in [9.17, 15) is 0 Å². The highest BCUT2D eigenvalue weighted by Crippen LogP contribution is 2.21. The summed E-state index contributed by atoms with van der Waals surface area (Å²) in [5.74, 6) is 0.765. The van der Waals surface area contributed by atoms with Gasteiger partial charge in [0.15, 0.2) is 0 Å². The Hall–Kier alpha value is -0.520. The second kappa shape index (κ2) is 33.5. The maximum atomic E-state index is 2.48. The summed E-state index contributed by atoms with van der Waals surface area (Å²) in [5.41, 5.74) is 1.59. The molecular formula is C35H70. The number of unbranched alkanes of at least 4 members (excludes halogenated alkanes) is 20. The van der Waals surface area contributed by atoms with Crippen molar-refractivity contribution in [2.24, 2.45) is 5.92 Å². The van der Waals surface area contributed by atoms with Crippen molar-refractivity contribution in [3.8, 4) is 0 Å². The van der Waals surface area contributed by atoms with Gasteiger partial charge in [0.1, 0.15) is 0 Å². The zero-order valence-corrected chi connectivity index (χ0v) is 25.8. The molecule has 0 aromatic rings. The predicted octanol–water partition coefficient (Wildman–Crippen LogP) is 13.6. The second-order valence-electron chi connectivity index (χ2n) is 10.8. The molecule has 1 rings (SSSR count). The lowest BCUT2D eigenvalue weighted by Crippen LogP contribution is -1.95. The van der Waals surface area contributed by atoms with Gasteiger partial charge in [0, 0.05) is 0 Å². The van der Waals surface area contributed by atoms with Crippen LogP contribution < -0.4 is 0 Å². The van der Waals surface area contributed by atoms with E-state index in [1.54, 1.807) is 5.57 Å². The molecule has 0 nitrogen and oxygen atoms in total. The molecule has 0 saturated carbocycles. The quantitative estimate of drug-likeness (QED) is 0.132. The Morgan fingerprint density at radius 1 is 0.514 bits per heavy atom. The van der Waals surface area contributed by atoms with Crippen molar-refractivity contribution >= 4 is 0 Å². The summed E-state index contributed by atoms with van der Waals surface area (Å²) in [4.78, 5) is 0. The van der Waals surface area contributed by atoms with Crippen molar-refractivity contribution in [2.45, 2.75) is 196 Å². The SMILES string of the molecule is CC.CCCCCCCC.CCCCCCCCCCCCCCCCCCC1=CC(C)CC=C1. The van der Waals surface area contributed by atoms with Crippen molar-refractivity contribution in [3.05, 3.63) is 23.8 Å². The average Bonchev–Trinajstić information content (AvgIpc) is 2.88. The first-order chi connectivity index (χ1) is 17.2. The molecule has 0 aromatic heterocycles. The van der Waals surface area contributed by atoms with E-state index in [0.29, 0.717) is 0 Å². The maximum absolute atomic E-state index is 2.48. The molecular weight excluding hydrogens is 420 g/mol. The summed E-state index contributed by atoms with van der Waals surface area (Å²) in [6, 6.07) is 0.